The minimum absolute atomic E-state index is 0.394. The van der Waals surface area contributed by atoms with Crippen molar-refractivity contribution in [2.24, 2.45) is 5.92 Å². The number of rotatable bonds is 6. The molecule has 21 heavy (non-hydrogen) atoms. The maximum Gasteiger partial charge on any atom is 0.127 e. The summed E-state index contributed by atoms with van der Waals surface area (Å²) in [5, 5.41) is 3.57. The fourth-order valence-electron chi connectivity index (χ4n) is 3.25. The van der Waals surface area contributed by atoms with Gasteiger partial charge in [0.15, 0.2) is 0 Å². The van der Waals surface area contributed by atoms with Gasteiger partial charge in [0.25, 0.3) is 0 Å². The lowest BCUT2D eigenvalue weighted by molar-refractivity contribution is 0.120. The van der Waals surface area contributed by atoms with Crippen molar-refractivity contribution in [1.82, 2.24) is 10.3 Å². The van der Waals surface area contributed by atoms with E-state index >= 15 is 0 Å². The van der Waals surface area contributed by atoms with Gasteiger partial charge in [0, 0.05) is 36.1 Å². The molecule has 0 aliphatic heterocycles. The second-order valence-electron chi connectivity index (χ2n) is 6.77. The number of ether oxygens (including phenoxy) is 1. The number of pyridine rings is 1. The predicted molar refractivity (Wildman–Crippen MR) is 85.5 cm³/mol. The summed E-state index contributed by atoms with van der Waals surface area (Å²) in [7, 11) is 0. The molecule has 1 aromatic heterocycles. The molecule has 1 aromatic rings. The van der Waals surface area contributed by atoms with Gasteiger partial charge in [-0.15, -0.1) is 0 Å². The van der Waals surface area contributed by atoms with Gasteiger partial charge in [0.1, 0.15) is 5.75 Å². The Hall–Kier alpha value is -1.09. The van der Waals surface area contributed by atoms with Gasteiger partial charge in [0.2, 0.25) is 0 Å². The zero-order valence-corrected chi connectivity index (χ0v) is 13.4. The summed E-state index contributed by atoms with van der Waals surface area (Å²) in [6.45, 7) is 5.23. The molecule has 0 spiro atoms. The monoisotopic (exact) mass is 288 g/mol. The predicted octanol–water partition coefficient (Wildman–Crippen LogP) is 3.99. The van der Waals surface area contributed by atoms with E-state index in [0.29, 0.717) is 6.10 Å². The summed E-state index contributed by atoms with van der Waals surface area (Å²) in [5.74, 6) is 1.90. The molecule has 0 bridgehead atoms. The van der Waals surface area contributed by atoms with E-state index in [-0.39, 0.29) is 0 Å². The van der Waals surface area contributed by atoms with E-state index in [0.717, 1.165) is 29.9 Å². The SMILES string of the molecule is CCC1CCCC(Oc2cc(C)ncc2CNC2CC2)C1. The third-order valence-corrected chi connectivity index (χ3v) is 4.84. The Bertz CT molecular complexity index is 470. The minimum atomic E-state index is 0.394. The largest absolute Gasteiger partial charge is 0.490 e. The van der Waals surface area contributed by atoms with Crippen LogP contribution in [0.2, 0.25) is 0 Å². The molecular weight excluding hydrogens is 260 g/mol. The molecule has 3 nitrogen and oxygen atoms in total. The zero-order chi connectivity index (χ0) is 14.7. The molecule has 116 valence electrons. The summed E-state index contributed by atoms with van der Waals surface area (Å²) >= 11 is 0. The van der Waals surface area contributed by atoms with Gasteiger partial charge in [-0.2, -0.15) is 0 Å². The van der Waals surface area contributed by atoms with Crippen LogP contribution in [0.5, 0.6) is 5.75 Å². The third-order valence-electron chi connectivity index (χ3n) is 4.84. The molecule has 2 saturated carbocycles. The van der Waals surface area contributed by atoms with Crippen LogP contribution in [0.4, 0.5) is 0 Å². The average molecular weight is 288 g/mol. The molecule has 0 aromatic carbocycles. The van der Waals surface area contributed by atoms with E-state index in [4.69, 9.17) is 4.74 Å². The Morgan fingerprint density at radius 3 is 2.90 bits per heavy atom. The second-order valence-corrected chi connectivity index (χ2v) is 6.77. The van der Waals surface area contributed by atoms with Crippen LogP contribution in [0.15, 0.2) is 12.3 Å². The summed E-state index contributed by atoms with van der Waals surface area (Å²) in [6.07, 6.45) is 11.4. The number of aromatic nitrogens is 1. The number of nitrogens with one attached hydrogen (secondary N) is 1. The molecular formula is C18H28N2O. The molecule has 0 amide bonds. The summed E-state index contributed by atoms with van der Waals surface area (Å²) in [5.41, 5.74) is 2.26. The number of aryl methyl sites for hydroxylation is 1. The van der Waals surface area contributed by atoms with E-state index in [2.05, 4.69) is 23.3 Å². The number of nitrogens with zero attached hydrogens (tertiary/aromatic N) is 1. The lowest BCUT2D eigenvalue weighted by Crippen LogP contribution is -2.26. The van der Waals surface area contributed by atoms with Crippen LogP contribution in [-0.2, 0) is 6.54 Å². The second kappa shape index (κ2) is 6.78. The third kappa shape index (κ3) is 4.19. The first kappa shape index (κ1) is 14.8. The summed E-state index contributed by atoms with van der Waals surface area (Å²) in [6, 6.07) is 2.83. The van der Waals surface area contributed by atoms with Gasteiger partial charge >= 0.3 is 0 Å². The number of hydrogen-bond acceptors (Lipinski definition) is 3. The van der Waals surface area contributed by atoms with Gasteiger partial charge in [-0.25, -0.2) is 0 Å². The molecule has 3 heteroatoms. The normalized spacial score (nSPS) is 25.8. The van der Waals surface area contributed by atoms with Gasteiger partial charge in [-0.1, -0.05) is 19.8 Å². The Morgan fingerprint density at radius 2 is 2.14 bits per heavy atom. The average Bonchev–Trinajstić information content (AvgIpc) is 3.31. The summed E-state index contributed by atoms with van der Waals surface area (Å²) < 4.78 is 6.37. The zero-order valence-electron chi connectivity index (χ0n) is 13.4. The Balaban J connectivity index is 1.65. The molecule has 2 aliphatic rings. The fourth-order valence-corrected chi connectivity index (χ4v) is 3.25. The van der Waals surface area contributed by atoms with Crippen molar-refractivity contribution in [3.05, 3.63) is 23.5 Å². The molecule has 1 heterocycles. The van der Waals surface area contributed by atoms with Crippen molar-refractivity contribution in [3.8, 4) is 5.75 Å². The molecule has 3 rings (SSSR count). The Morgan fingerprint density at radius 1 is 1.29 bits per heavy atom. The molecule has 2 aliphatic carbocycles. The first-order chi connectivity index (χ1) is 10.2. The lowest BCUT2D eigenvalue weighted by atomic mass is 9.85. The molecule has 1 N–H and O–H groups in total. The molecule has 2 atom stereocenters. The Labute approximate surface area is 128 Å². The van der Waals surface area contributed by atoms with Gasteiger partial charge < -0.3 is 10.1 Å². The van der Waals surface area contributed by atoms with Crippen molar-refractivity contribution >= 4 is 0 Å². The smallest absolute Gasteiger partial charge is 0.127 e. The van der Waals surface area contributed by atoms with E-state index in [1.54, 1.807) is 0 Å². The lowest BCUT2D eigenvalue weighted by Gasteiger charge is -2.29. The Kier molecular flexibility index (Phi) is 4.79. The van der Waals surface area contributed by atoms with Crippen molar-refractivity contribution in [3.63, 3.8) is 0 Å². The highest BCUT2D eigenvalue weighted by Crippen LogP contribution is 2.31. The van der Waals surface area contributed by atoms with Crippen LogP contribution in [0.3, 0.4) is 0 Å². The summed E-state index contributed by atoms with van der Waals surface area (Å²) in [4.78, 5) is 4.44. The van der Waals surface area contributed by atoms with Gasteiger partial charge in [-0.3, -0.25) is 4.98 Å². The van der Waals surface area contributed by atoms with Crippen LogP contribution >= 0.6 is 0 Å². The van der Waals surface area contributed by atoms with E-state index in [1.165, 1.54) is 50.5 Å². The van der Waals surface area contributed by atoms with Crippen LogP contribution in [0.1, 0.15) is 63.1 Å². The van der Waals surface area contributed by atoms with E-state index in [9.17, 15) is 0 Å². The highest BCUT2D eigenvalue weighted by molar-refractivity contribution is 5.33. The van der Waals surface area contributed by atoms with Crippen LogP contribution < -0.4 is 10.1 Å². The molecule has 2 unspecified atom stereocenters. The highest BCUT2D eigenvalue weighted by atomic mass is 16.5. The number of hydrogen-bond donors (Lipinski definition) is 1. The van der Waals surface area contributed by atoms with Crippen molar-refractivity contribution in [2.45, 2.75) is 77.5 Å². The maximum atomic E-state index is 6.37. The topological polar surface area (TPSA) is 34.1 Å². The quantitative estimate of drug-likeness (QED) is 0.859. The fraction of sp³-hybridized carbons (Fsp3) is 0.722. The molecule has 0 saturated heterocycles. The standard InChI is InChI=1S/C18H28N2O/c1-3-14-5-4-6-17(10-14)21-18-9-13(2)19-11-15(18)12-20-16-7-8-16/h9,11,14,16-17,20H,3-8,10,12H2,1-2H3. The van der Waals surface area contributed by atoms with Crippen molar-refractivity contribution < 1.29 is 4.74 Å². The van der Waals surface area contributed by atoms with E-state index < -0.39 is 0 Å². The van der Waals surface area contributed by atoms with Crippen molar-refractivity contribution in [2.75, 3.05) is 0 Å². The van der Waals surface area contributed by atoms with Crippen LogP contribution in [0.25, 0.3) is 0 Å². The molecule has 0 radical (unpaired) electrons. The highest BCUT2D eigenvalue weighted by Gasteiger charge is 2.24. The van der Waals surface area contributed by atoms with Crippen LogP contribution in [0, 0.1) is 12.8 Å². The van der Waals surface area contributed by atoms with Crippen molar-refractivity contribution in [1.29, 1.82) is 0 Å². The first-order valence-corrected chi connectivity index (χ1v) is 8.60. The minimum Gasteiger partial charge on any atom is -0.490 e. The first-order valence-electron chi connectivity index (χ1n) is 8.60. The van der Waals surface area contributed by atoms with Gasteiger partial charge in [-0.05, 0) is 44.9 Å². The maximum absolute atomic E-state index is 6.37. The van der Waals surface area contributed by atoms with E-state index in [1.807, 2.05) is 13.1 Å². The van der Waals surface area contributed by atoms with Crippen LogP contribution in [-0.4, -0.2) is 17.1 Å². The van der Waals surface area contributed by atoms with Gasteiger partial charge in [0.05, 0.1) is 6.10 Å². The molecule has 2 fully saturated rings.